The lowest BCUT2D eigenvalue weighted by atomic mass is 9.67. The molecule has 0 heterocycles. The number of methoxy groups -OCH3 is 1. The maximum Gasteiger partial charge on any atom is 0.316 e. The second kappa shape index (κ2) is 3.71. The molecular formula is C11H18O3. The molecule has 14 heavy (non-hydrogen) atoms. The van der Waals surface area contributed by atoms with E-state index in [-0.39, 0.29) is 23.1 Å². The molecule has 0 bridgehead atoms. The van der Waals surface area contributed by atoms with Crippen molar-refractivity contribution in [3.8, 4) is 0 Å². The van der Waals surface area contributed by atoms with Gasteiger partial charge in [-0.2, -0.15) is 0 Å². The van der Waals surface area contributed by atoms with Gasteiger partial charge in [0.25, 0.3) is 0 Å². The first-order valence-electron chi connectivity index (χ1n) is 4.98. The van der Waals surface area contributed by atoms with Gasteiger partial charge in [-0.15, -0.1) is 0 Å². The van der Waals surface area contributed by atoms with Gasteiger partial charge < -0.3 is 4.74 Å². The lowest BCUT2D eigenvalue weighted by molar-refractivity contribution is -0.154. The second-order valence-electron chi connectivity index (χ2n) is 4.99. The van der Waals surface area contributed by atoms with Crippen LogP contribution >= 0.6 is 0 Å². The van der Waals surface area contributed by atoms with Gasteiger partial charge in [0.15, 0.2) is 0 Å². The van der Waals surface area contributed by atoms with E-state index in [4.69, 9.17) is 0 Å². The molecule has 0 N–H and O–H groups in total. The predicted octanol–water partition coefficient (Wildman–Crippen LogP) is 1.80. The van der Waals surface area contributed by atoms with Crippen LogP contribution in [0.3, 0.4) is 0 Å². The number of hydrogen-bond donors (Lipinski definition) is 0. The first-order chi connectivity index (χ1) is 6.37. The molecule has 1 fully saturated rings. The van der Waals surface area contributed by atoms with Crippen LogP contribution in [0.15, 0.2) is 0 Å². The van der Waals surface area contributed by atoms with Crippen LogP contribution < -0.4 is 0 Å². The molecule has 80 valence electrons. The van der Waals surface area contributed by atoms with Gasteiger partial charge in [0.05, 0.1) is 7.11 Å². The quantitative estimate of drug-likeness (QED) is 0.476. The highest BCUT2D eigenvalue weighted by atomic mass is 16.5. The Labute approximate surface area is 84.8 Å². The minimum absolute atomic E-state index is 0.0283. The molecule has 2 unspecified atom stereocenters. The van der Waals surface area contributed by atoms with Gasteiger partial charge in [-0.25, -0.2) is 0 Å². The van der Waals surface area contributed by atoms with Crippen LogP contribution in [0.4, 0.5) is 0 Å². The predicted molar refractivity (Wildman–Crippen MR) is 52.7 cm³/mol. The Bertz CT molecular complexity index is 255. The number of esters is 1. The Morgan fingerprint density at radius 3 is 2.50 bits per heavy atom. The summed E-state index contributed by atoms with van der Waals surface area (Å²) in [6.45, 7) is 6.07. The van der Waals surface area contributed by atoms with Gasteiger partial charge in [-0.3, -0.25) is 9.59 Å². The van der Waals surface area contributed by atoms with Crippen LogP contribution in [0.25, 0.3) is 0 Å². The summed E-state index contributed by atoms with van der Waals surface area (Å²) in [5.41, 5.74) is 0.0288. The largest absolute Gasteiger partial charge is 0.468 e. The highest BCUT2D eigenvalue weighted by Crippen LogP contribution is 2.39. The van der Waals surface area contributed by atoms with E-state index >= 15 is 0 Å². The fourth-order valence-corrected chi connectivity index (χ4v) is 2.45. The Kier molecular flexibility index (Phi) is 2.98. The van der Waals surface area contributed by atoms with Crippen LogP contribution in [0.1, 0.15) is 33.6 Å². The average Bonchev–Trinajstić information content (AvgIpc) is 1.99. The van der Waals surface area contributed by atoms with Gasteiger partial charge >= 0.3 is 5.97 Å². The number of hydrogen-bond acceptors (Lipinski definition) is 3. The number of ether oxygens (including phenoxy) is 1. The van der Waals surface area contributed by atoms with Crippen molar-refractivity contribution >= 4 is 11.8 Å². The molecule has 0 amide bonds. The zero-order chi connectivity index (χ0) is 10.9. The molecule has 1 aliphatic rings. The molecule has 0 aromatic carbocycles. The van der Waals surface area contributed by atoms with Crippen molar-refractivity contribution in [1.82, 2.24) is 0 Å². The van der Waals surface area contributed by atoms with Crippen molar-refractivity contribution in [1.29, 1.82) is 0 Å². The van der Waals surface area contributed by atoms with E-state index < -0.39 is 5.92 Å². The van der Waals surface area contributed by atoms with Crippen LogP contribution in [-0.2, 0) is 14.3 Å². The van der Waals surface area contributed by atoms with Crippen LogP contribution in [0, 0.1) is 17.3 Å². The first kappa shape index (κ1) is 11.2. The summed E-state index contributed by atoms with van der Waals surface area (Å²) < 4.78 is 4.64. The summed E-state index contributed by atoms with van der Waals surface area (Å²) in [5.74, 6) is -0.787. The SMILES string of the molecule is COC(=O)C1C(=O)CC(C)(C)CC1C. The normalized spacial score (nSPS) is 31.3. The summed E-state index contributed by atoms with van der Waals surface area (Å²) in [6, 6.07) is 0. The van der Waals surface area contributed by atoms with E-state index in [0.717, 1.165) is 6.42 Å². The molecule has 1 aliphatic carbocycles. The molecule has 0 saturated heterocycles. The maximum absolute atomic E-state index is 11.7. The van der Waals surface area contributed by atoms with Gasteiger partial charge in [0, 0.05) is 6.42 Å². The molecule has 0 spiro atoms. The average molecular weight is 198 g/mol. The number of rotatable bonds is 1. The fraction of sp³-hybridized carbons (Fsp3) is 0.818. The molecule has 3 nitrogen and oxygen atoms in total. The third-order valence-corrected chi connectivity index (χ3v) is 2.90. The number of ketones is 1. The molecular weight excluding hydrogens is 180 g/mol. The molecule has 0 aromatic rings. The molecule has 0 aromatic heterocycles. The Morgan fingerprint density at radius 1 is 1.50 bits per heavy atom. The van der Waals surface area contributed by atoms with E-state index in [0.29, 0.717) is 6.42 Å². The molecule has 0 aliphatic heterocycles. The van der Waals surface area contributed by atoms with Gasteiger partial charge in [0.2, 0.25) is 0 Å². The summed E-state index contributed by atoms with van der Waals surface area (Å²) in [5, 5.41) is 0. The van der Waals surface area contributed by atoms with Crippen molar-refractivity contribution < 1.29 is 14.3 Å². The highest BCUT2D eigenvalue weighted by molar-refractivity contribution is 6.00. The van der Waals surface area contributed by atoms with E-state index in [9.17, 15) is 9.59 Å². The Balaban J connectivity index is 2.81. The van der Waals surface area contributed by atoms with Crippen molar-refractivity contribution in [2.75, 3.05) is 7.11 Å². The topological polar surface area (TPSA) is 43.4 Å². The van der Waals surface area contributed by atoms with Crippen molar-refractivity contribution in [2.24, 2.45) is 17.3 Å². The van der Waals surface area contributed by atoms with Crippen molar-refractivity contribution in [3.63, 3.8) is 0 Å². The lowest BCUT2D eigenvalue weighted by Gasteiger charge is -2.36. The maximum atomic E-state index is 11.7. The second-order valence-corrected chi connectivity index (χ2v) is 4.99. The summed E-state index contributed by atoms with van der Waals surface area (Å²) in [6.07, 6.45) is 1.38. The molecule has 1 saturated carbocycles. The molecule has 2 atom stereocenters. The molecule has 3 heteroatoms. The summed E-state index contributed by atoms with van der Waals surface area (Å²) in [7, 11) is 1.34. The third kappa shape index (κ3) is 2.14. The van der Waals surface area contributed by atoms with E-state index in [1.807, 2.05) is 6.92 Å². The highest BCUT2D eigenvalue weighted by Gasteiger charge is 2.42. The minimum atomic E-state index is -0.534. The summed E-state index contributed by atoms with van der Waals surface area (Å²) >= 11 is 0. The lowest BCUT2D eigenvalue weighted by Crippen LogP contribution is -2.40. The standard InChI is InChI=1S/C11H18O3/c1-7-5-11(2,3)6-8(12)9(7)10(13)14-4/h7,9H,5-6H2,1-4H3. The van der Waals surface area contributed by atoms with E-state index in [1.54, 1.807) is 0 Å². The number of Topliss-reactive ketones (excluding diaryl/α,β-unsaturated/α-hetero) is 1. The zero-order valence-corrected chi connectivity index (χ0v) is 9.29. The zero-order valence-electron chi connectivity index (χ0n) is 9.29. The Hall–Kier alpha value is -0.860. The Morgan fingerprint density at radius 2 is 2.07 bits per heavy atom. The minimum Gasteiger partial charge on any atom is -0.468 e. The first-order valence-corrected chi connectivity index (χ1v) is 4.98. The van der Waals surface area contributed by atoms with Gasteiger partial charge in [0.1, 0.15) is 11.7 Å². The van der Waals surface area contributed by atoms with Crippen LogP contribution in [-0.4, -0.2) is 18.9 Å². The van der Waals surface area contributed by atoms with Gasteiger partial charge in [-0.05, 0) is 17.8 Å². The van der Waals surface area contributed by atoms with Crippen molar-refractivity contribution in [2.45, 2.75) is 33.6 Å². The van der Waals surface area contributed by atoms with Crippen LogP contribution in [0.5, 0.6) is 0 Å². The van der Waals surface area contributed by atoms with E-state index in [2.05, 4.69) is 18.6 Å². The smallest absolute Gasteiger partial charge is 0.316 e. The summed E-state index contributed by atoms with van der Waals surface area (Å²) in [4.78, 5) is 23.1. The van der Waals surface area contributed by atoms with Crippen LogP contribution in [0.2, 0.25) is 0 Å². The van der Waals surface area contributed by atoms with Gasteiger partial charge in [-0.1, -0.05) is 20.8 Å². The van der Waals surface area contributed by atoms with E-state index in [1.165, 1.54) is 7.11 Å². The monoisotopic (exact) mass is 198 g/mol. The van der Waals surface area contributed by atoms with Crippen molar-refractivity contribution in [3.05, 3.63) is 0 Å². The third-order valence-electron chi connectivity index (χ3n) is 2.90. The molecule has 0 radical (unpaired) electrons. The number of carbonyl (C=O) groups is 2. The molecule has 1 rings (SSSR count). The fourth-order valence-electron chi connectivity index (χ4n) is 2.45. The number of carbonyl (C=O) groups excluding carboxylic acids is 2.